The van der Waals surface area contributed by atoms with Crippen molar-refractivity contribution in [3.8, 4) is 11.5 Å². The Morgan fingerprint density at radius 2 is 2.00 bits per heavy atom. The molecule has 0 aliphatic rings. The monoisotopic (exact) mass is 252 g/mol. The van der Waals surface area contributed by atoms with Crippen molar-refractivity contribution in [3.05, 3.63) is 23.8 Å². The summed E-state index contributed by atoms with van der Waals surface area (Å²) in [6, 6.07) is 5.86. The molecule has 0 aliphatic heterocycles. The molecule has 0 saturated carbocycles. The van der Waals surface area contributed by atoms with Crippen molar-refractivity contribution in [1.29, 1.82) is 0 Å². The molecule has 0 saturated heterocycles. The molecule has 0 heterocycles. The van der Waals surface area contributed by atoms with Crippen LogP contribution < -0.4 is 14.8 Å². The van der Waals surface area contributed by atoms with Gasteiger partial charge in [-0.15, -0.1) is 0 Å². The first kappa shape index (κ1) is 14.8. The fourth-order valence-electron chi connectivity index (χ4n) is 1.67. The SMILES string of the molecule is CCN(C)CCNCc1cc(OC)ccc1OC. The smallest absolute Gasteiger partial charge is 0.123 e. The zero-order chi connectivity index (χ0) is 13.4. The summed E-state index contributed by atoms with van der Waals surface area (Å²) in [5.41, 5.74) is 1.12. The summed E-state index contributed by atoms with van der Waals surface area (Å²) in [5.74, 6) is 1.76. The average molecular weight is 252 g/mol. The van der Waals surface area contributed by atoms with E-state index in [4.69, 9.17) is 9.47 Å². The van der Waals surface area contributed by atoms with Crippen LogP contribution in [0.2, 0.25) is 0 Å². The third-order valence-electron chi connectivity index (χ3n) is 3.01. The third-order valence-corrected chi connectivity index (χ3v) is 3.01. The van der Waals surface area contributed by atoms with E-state index < -0.39 is 0 Å². The van der Waals surface area contributed by atoms with Gasteiger partial charge in [0.05, 0.1) is 14.2 Å². The minimum atomic E-state index is 0.790. The van der Waals surface area contributed by atoms with Crippen LogP contribution in [-0.4, -0.2) is 45.8 Å². The Morgan fingerprint density at radius 1 is 1.22 bits per heavy atom. The second kappa shape index (κ2) is 7.95. The molecule has 1 aromatic rings. The summed E-state index contributed by atoms with van der Waals surface area (Å²) < 4.78 is 10.6. The number of hydrogen-bond donors (Lipinski definition) is 1. The molecule has 1 rings (SSSR count). The predicted octanol–water partition coefficient (Wildman–Crippen LogP) is 1.75. The molecule has 0 aromatic heterocycles. The van der Waals surface area contributed by atoms with Crippen LogP contribution in [0.3, 0.4) is 0 Å². The largest absolute Gasteiger partial charge is 0.497 e. The van der Waals surface area contributed by atoms with E-state index in [0.717, 1.165) is 43.2 Å². The van der Waals surface area contributed by atoms with Crippen molar-refractivity contribution in [2.75, 3.05) is 40.9 Å². The highest BCUT2D eigenvalue weighted by atomic mass is 16.5. The van der Waals surface area contributed by atoms with Crippen LogP contribution in [0.1, 0.15) is 12.5 Å². The highest BCUT2D eigenvalue weighted by Gasteiger charge is 2.04. The van der Waals surface area contributed by atoms with Crippen molar-refractivity contribution >= 4 is 0 Å². The molecule has 0 spiro atoms. The average Bonchev–Trinajstić information content (AvgIpc) is 2.42. The van der Waals surface area contributed by atoms with Gasteiger partial charge >= 0.3 is 0 Å². The van der Waals surface area contributed by atoms with E-state index in [0.29, 0.717) is 0 Å². The van der Waals surface area contributed by atoms with Crippen molar-refractivity contribution in [1.82, 2.24) is 10.2 Å². The molecule has 0 amide bonds. The highest BCUT2D eigenvalue weighted by Crippen LogP contribution is 2.23. The molecule has 0 unspecified atom stereocenters. The molecule has 0 aliphatic carbocycles. The van der Waals surface area contributed by atoms with Crippen LogP contribution in [-0.2, 0) is 6.54 Å². The van der Waals surface area contributed by atoms with E-state index in [1.807, 2.05) is 18.2 Å². The van der Waals surface area contributed by atoms with Gasteiger partial charge in [0.1, 0.15) is 11.5 Å². The fraction of sp³-hybridized carbons (Fsp3) is 0.571. The zero-order valence-corrected chi connectivity index (χ0v) is 11.8. The Morgan fingerprint density at radius 3 is 2.61 bits per heavy atom. The van der Waals surface area contributed by atoms with Crippen LogP contribution in [0, 0.1) is 0 Å². The summed E-state index contributed by atoms with van der Waals surface area (Å²) in [4.78, 5) is 2.27. The minimum absolute atomic E-state index is 0.790. The summed E-state index contributed by atoms with van der Waals surface area (Å²) in [5, 5.41) is 3.42. The summed E-state index contributed by atoms with van der Waals surface area (Å²) in [7, 11) is 5.49. The lowest BCUT2D eigenvalue weighted by Crippen LogP contribution is -2.28. The number of nitrogens with zero attached hydrogens (tertiary/aromatic N) is 1. The van der Waals surface area contributed by atoms with Gasteiger partial charge in [0, 0.05) is 25.2 Å². The second-order valence-corrected chi connectivity index (χ2v) is 4.25. The topological polar surface area (TPSA) is 33.7 Å². The van der Waals surface area contributed by atoms with Crippen LogP contribution >= 0.6 is 0 Å². The zero-order valence-electron chi connectivity index (χ0n) is 11.8. The van der Waals surface area contributed by atoms with Gasteiger partial charge in [-0.2, -0.15) is 0 Å². The van der Waals surface area contributed by atoms with E-state index in [9.17, 15) is 0 Å². The molecule has 0 bridgehead atoms. The van der Waals surface area contributed by atoms with Gasteiger partial charge < -0.3 is 19.7 Å². The van der Waals surface area contributed by atoms with Crippen molar-refractivity contribution in [2.24, 2.45) is 0 Å². The second-order valence-electron chi connectivity index (χ2n) is 4.25. The van der Waals surface area contributed by atoms with Gasteiger partial charge in [-0.3, -0.25) is 0 Å². The molecular weight excluding hydrogens is 228 g/mol. The van der Waals surface area contributed by atoms with Gasteiger partial charge in [0.25, 0.3) is 0 Å². The Kier molecular flexibility index (Phi) is 6.54. The number of methoxy groups -OCH3 is 2. The fourth-order valence-corrected chi connectivity index (χ4v) is 1.67. The van der Waals surface area contributed by atoms with Gasteiger partial charge in [0.2, 0.25) is 0 Å². The number of benzene rings is 1. The normalized spacial score (nSPS) is 10.7. The van der Waals surface area contributed by atoms with Crippen LogP contribution in [0.15, 0.2) is 18.2 Å². The first-order chi connectivity index (χ1) is 8.71. The lowest BCUT2D eigenvalue weighted by Gasteiger charge is -2.15. The van der Waals surface area contributed by atoms with E-state index >= 15 is 0 Å². The van der Waals surface area contributed by atoms with Gasteiger partial charge in [-0.1, -0.05) is 6.92 Å². The number of ether oxygens (including phenoxy) is 2. The maximum absolute atomic E-state index is 5.34. The molecule has 102 valence electrons. The van der Waals surface area contributed by atoms with Gasteiger partial charge in [0.15, 0.2) is 0 Å². The maximum Gasteiger partial charge on any atom is 0.123 e. The number of hydrogen-bond acceptors (Lipinski definition) is 4. The number of likely N-dealkylation sites (N-methyl/N-ethyl adjacent to an activating group) is 1. The first-order valence-corrected chi connectivity index (χ1v) is 6.31. The molecule has 1 aromatic carbocycles. The molecule has 0 radical (unpaired) electrons. The third kappa shape index (κ3) is 4.55. The van der Waals surface area contributed by atoms with Crippen molar-refractivity contribution in [3.63, 3.8) is 0 Å². The van der Waals surface area contributed by atoms with E-state index in [2.05, 4.69) is 24.2 Å². The molecule has 4 nitrogen and oxygen atoms in total. The van der Waals surface area contributed by atoms with Gasteiger partial charge in [-0.05, 0) is 31.8 Å². The van der Waals surface area contributed by atoms with Crippen LogP contribution in [0.25, 0.3) is 0 Å². The Bertz CT molecular complexity index is 356. The molecule has 0 fully saturated rings. The lowest BCUT2D eigenvalue weighted by molar-refractivity contribution is 0.347. The highest BCUT2D eigenvalue weighted by molar-refractivity contribution is 5.40. The number of nitrogens with one attached hydrogen (secondary N) is 1. The van der Waals surface area contributed by atoms with Crippen molar-refractivity contribution in [2.45, 2.75) is 13.5 Å². The Balaban J connectivity index is 2.49. The minimum Gasteiger partial charge on any atom is -0.497 e. The van der Waals surface area contributed by atoms with Crippen LogP contribution in [0.5, 0.6) is 11.5 Å². The van der Waals surface area contributed by atoms with Crippen LogP contribution in [0.4, 0.5) is 0 Å². The van der Waals surface area contributed by atoms with Gasteiger partial charge in [-0.25, -0.2) is 0 Å². The quantitative estimate of drug-likeness (QED) is 0.715. The summed E-state index contributed by atoms with van der Waals surface area (Å²) in [6.45, 7) is 6.03. The predicted molar refractivity (Wildman–Crippen MR) is 74.4 cm³/mol. The maximum atomic E-state index is 5.34. The molecule has 4 heteroatoms. The number of rotatable bonds is 8. The van der Waals surface area contributed by atoms with E-state index in [1.54, 1.807) is 14.2 Å². The molecule has 18 heavy (non-hydrogen) atoms. The molecule has 0 atom stereocenters. The van der Waals surface area contributed by atoms with E-state index in [1.165, 1.54) is 0 Å². The Hall–Kier alpha value is -1.26. The first-order valence-electron chi connectivity index (χ1n) is 6.31. The Labute approximate surface area is 110 Å². The summed E-state index contributed by atoms with van der Waals surface area (Å²) in [6.07, 6.45) is 0. The molecule has 1 N–H and O–H groups in total. The summed E-state index contributed by atoms with van der Waals surface area (Å²) >= 11 is 0. The standard InChI is InChI=1S/C14H24N2O2/c1-5-16(2)9-8-15-11-12-10-13(17-3)6-7-14(12)18-4/h6-7,10,15H,5,8-9,11H2,1-4H3. The van der Waals surface area contributed by atoms with E-state index in [-0.39, 0.29) is 0 Å². The lowest BCUT2D eigenvalue weighted by atomic mass is 10.2. The molecular formula is C14H24N2O2. The van der Waals surface area contributed by atoms with Crippen molar-refractivity contribution < 1.29 is 9.47 Å².